The smallest absolute Gasteiger partial charge is 0.416 e. The van der Waals surface area contributed by atoms with Crippen LogP contribution in [0.3, 0.4) is 0 Å². The van der Waals surface area contributed by atoms with E-state index in [1.165, 1.54) is 12.1 Å². The lowest BCUT2D eigenvalue weighted by Gasteiger charge is -2.25. The monoisotopic (exact) mass is 346 g/mol. The number of carbonyl (C=O) groups is 1. The van der Waals surface area contributed by atoms with E-state index in [4.69, 9.17) is 4.74 Å². The van der Waals surface area contributed by atoms with Crippen LogP contribution in [0.15, 0.2) is 24.3 Å². The Morgan fingerprint density at radius 2 is 2.00 bits per heavy atom. The van der Waals surface area contributed by atoms with Gasteiger partial charge in [0.05, 0.1) is 11.6 Å². The summed E-state index contributed by atoms with van der Waals surface area (Å²) in [7, 11) is 3.49. The minimum atomic E-state index is -4.39. The van der Waals surface area contributed by atoms with Crippen LogP contribution in [0.25, 0.3) is 0 Å². The molecule has 1 aliphatic heterocycles. The number of likely N-dealkylation sites (N-methyl/N-ethyl adjacent to an activating group) is 2. The summed E-state index contributed by atoms with van der Waals surface area (Å²) in [5.74, 6) is 0.273. The maximum atomic E-state index is 12.5. The number of hydrogen-bond acceptors (Lipinski definition) is 4. The van der Waals surface area contributed by atoms with E-state index in [9.17, 15) is 23.1 Å². The molecule has 2 atom stereocenters. The first-order valence-corrected chi connectivity index (χ1v) is 7.62. The fourth-order valence-electron chi connectivity index (χ4n) is 2.66. The highest BCUT2D eigenvalue weighted by molar-refractivity contribution is 5.83. The molecule has 1 N–H and O–H groups in total. The van der Waals surface area contributed by atoms with E-state index in [2.05, 4.69) is 0 Å². The van der Waals surface area contributed by atoms with Crippen molar-refractivity contribution in [2.24, 2.45) is 0 Å². The van der Waals surface area contributed by atoms with Gasteiger partial charge in [-0.2, -0.15) is 13.2 Å². The molecule has 0 spiro atoms. The first-order chi connectivity index (χ1) is 11.2. The number of benzene rings is 1. The molecule has 1 heterocycles. The summed E-state index contributed by atoms with van der Waals surface area (Å²) in [4.78, 5) is 15.3. The quantitative estimate of drug-likeness (QED) is 0.850. The minimum Gasteiger partial charge on any atom is -0.491 e. The number of amides is 1. The van der Waals surface area contributed by atoms with Gasteiger partial charge in [0.25, 0.3) is 0 Å². The molecule has 1 amide bonds. The number of nitrogens with zero attached hydrogens (tertiary/aromatic N) is 2. The lowest BCUT2D eigenvalue weighted by atomic mass is 10.2. The van der Waals surface area contributed by atoms with E-state index in [1.54, 1.807) is 23.9 Å². The van der Waals surface area contributed by atoms with Crippen LogP contribution in [-0.2, 0) is 11.0 Å². The van der Waals surface area contributed by atoms with Crippen LogP contribution in [0.5, 0.6) is 5.75 Å². The van der Waals surface area contributed by atoms with Crippen LogP contribution in [0.4, 0.5) is 13.2 Å². The van der Waals surface area contributed by atoms with Crippen molar-refractivity contribution >= 4 is 5.91 Å². The molecular formula is C16H21F3N2O3. The Kier molecular flexibility index (Phi) is 5.71. The molecule has 134 valence electrons. The predicted molar refractivity (Wildman–Crippen MR) is 81.6 cm³/mol. The topological polar surface area (TPSA) is 53.0 Å². The van der Waals surface area contributed by atoms with Gasteiger partial charge >= 0.3 is 6.18 Å². The lowest BCUT2D eigenvalue weighted by Crippen LogP contribution is -2.43. The first-order valence-electron chi connectivity index (χ1n) is 7.62. The zero-order valence-electron chi connectivity index (χ0n) is 13.6. The molecule has 1 saturated heterocycles. The van der Waals surface area contributed by atoms with Gasteiger partial charge in [0.2, 0.25) is 5.91 Å². The van der Waals surface area contributed by atoms with E-state index < -0.39 is 17.8 Å². The predicted octanol–water partition coefficient (Wildman–Crippen LogP) is 1.61. The van der Waals surface area contributed by atoms with E-state index in [1.807, 2.05) is 0 Å². The highest BCUT2D eigenvalue weighted by atomic mass is 19.4. The number of alkyl halides is 3. The van der Waals surface area contributed by atoms with Gasteiger partial charge in [-0.05, 0) is 37.7 Å². The Morgan fingerprint density at radius 1 is 1.38 bits per heavy atom. The second-order valence-corrected chi connectivity index (χ2v) is 5.99. The van der Waals surface area contributed by atoms with E-state index >= 15 is 0 Å². The number of aliphatic hydroxyl groups excluding tert-OH is 1. The average Bonchev–Trinajstić information content (AvgIpc) is 2.84. The van der Waals surface area contributed by atoms with Crippen molar-refractivity contribution in [3.05, 3.63) is 29.8 Å². The van der Waals surface area contributed by atoms with Gasteiger partial charge in [-0.15, -0.1) is 0 Å². The van der Waals surface area contributed by atoms with Crippen LogP contribution < -0.4 is 4.74 Å². The van der Waals surface area contributed by atoms with Crippen LogP contribution >= 0.6 is 0 Å². The Labute approximate surface area is 138 Å². The number of rotatable bonds is 6. The molecular weight excluding hydrogens is 325 g/mol. The molecule has 0 bridgehead atoms. The van der Waals surface area contributed by atoms with Crippen molar-refractivity contribution in [1.82, 2.24) is 9.80 Å². The third-order valence-corrected chi connectivity index (χ3v) is 4.05. The maximum absolute atomic E-state index is 12.5. The molecule has 0 aromatic heterocycles. The summed E-state index contributed by atoms with van der Waals surface area (Å²) in [5, 5.41) is 10.0. The Bertz CT molecular complexity index is 563. The summed E-state index contributed by atoms with van der Waals surface area (Å²) in [5.41, 5.74) is -0.751. The van der Waals surface area contributed by atoms with Gasteiger partial charge in [-0.1, -0.05) is 0 Å². The van der Waals surface area contributed by atoms with Gasteiger partial charge in [0.15, 0.2) is 0 Å². The highest BCUT2D eigenvalue weighted by Gasteiger charge is 2.33. The Morgan fingerprint density at radius 3 is 2.50 bits per heavy atom. The molecule has 1 aromatic carbocycles. The van der Waals surface area contributed by atoms with E-state index in [0.29, 0.717) is 13.0 Å². The van der Waals surface area contributed by atoms with Crippen molar-refractivity contribution < 1.29 is 27.8 Å². The third-order valence-electron chi connectivity index (χ3n) is 4.05. The van der Waals surface area contributed by atoms with Crippen molar-refractivity contribution in [3.63, 3.8) is 0 Å². The second kappa shape index (κ2) is 7.40. The molecule has 8 heteroatoms. The van der Waals surface area contributed by atoms with Crippen LogP contribution in [0.1, 0.15) is 12.0 Å². The molecule has 2 rings (SSSR count). The number of ether oxygens (including phenoxy) is 1. The fraction of sp³-hybridized carbons (Fsp3) is 0.562. The summed E-state index contributed by atoms with van der Waals surface area (Å²) in [6, 6.07) is 4.04. The summed E-state index contributed by atoms with van der Waals surface area (Å²) in [6.45, 7) is 0.864. The summed E-state index contributed by atoms with van der Waals surface area (Å²) >= 11 is 0. The zero-order chi connectivity index (χ0) is 17.9. The van der Waals surface area contributed by atoms with Crippen molar-refractivity contribution in [2.75, 3.05) is 33.8 Å². The number of aliphatic hydroxyl groups is 1. The molecule has 1 fully saturated rings. The largest absolute Gasteiger partial charge is 0.491 e. The van der Waals surface area contributed by atoms with Crippen LogP contribution in [-0.4, -0.2) is 66.8 Å². The molecule has 5 nitrogen and oxygen atoms in total. The normalized spacial score (nSPS) is 19.9. The standard InChI is InChI=1S/C16H21F3N2O3/c1-20-8-7-14(15(20)23)21(2)9-12(22)10-24-13-5-3-11(4-6-13)16(17,18)19/h3-6,12,14,22H,7-10H2,1-2H3. The molecule has 24 heavy (non-hydrogen) atoms. The van der Waals surface area contributed by atoms with Crippen molar-refractivity contribution in [3.8, 4) is 5.75 Å². The fourth-order valence-corrected chi connectivity index (χ4v) is 2.66. The molecule has 1 aliphatic rings. The summed E-state index contributed by atoms with van der Waals surface area (Å²) in [6.07, 6.45) is -4.53. The molecule has 0 saturated carbocycles. The second-order valence-electron chi connectivity index (χ2n) is 5.99. The molecule has 0 radical (unpaired) electrons. The third kappa shape index (κ3) is 4.61. The highest BCUT2D eigenvalue weighted by Crippen LogP contribution is 2.30. The SMILES string of the molecule is CN1CCC(N(C)CC(O)COc2ccc(C(F)(F)F)cc2)C1=O. The first kappa shape index (κ1) is 18.5. The zero-order valence-corrected chi connectivity index (χ0v) is 13.6. The van der Waals surface area contributed by atoms with Gasteiger partial charge in [-0.25, -0.2) is 0 Å². The maximum Gasteiger partial charge on any atom is 0.416 e. The number of carbonyl (C=O) groups excluding carboxylic acids is 1. The Balaban J connectivity index is 1.80. The van der Waals surface area contributed by atoms with Gasteiger partial charge in [0.1, 0.15) is 18.5 Å². The minimum absolute atomic E-state index is 0.0216. The lowest BCUT2D eigenvalue weighted by molar-refractivity contribution is -0.137. The van der Waals surface area contributed by atoms with Crippen LogP contribution in [0, 0.1) is 0 Å². The van der Waals surface area contributed by atoms with Gasteiger partial charge < -0.3 is 14.7 Å². The molecule has 1 aromatic rings. The average molecular weight is 346 g/mol. The van der Waals surface area contributed by atoms with Crippen molar-refractivity contribution in [1.29, 1.82) is 0 Å². The number of halogens is 3. The van der Waals surface area contributed by atoms with E-state index in [-0.39, 0.29) is 30.9 Å². The van der Waals surface area contributed by atoms with Crippen molar-refractivity contribution in [2.45, 2.75) is 24.7 Å². The number of hydrogen-bond donors (Lipinski definition) is 1. The summed E-state index contributed by atoms with van der Waals surface area (Å²) < 4.78 is 42.7. The van der Waals surface area contributed by atoms with Crippen LogP contribution in [0.2, 0.25) is 0 Å². The van der Waals surface area contributed by atoms with Gasteiger partial charge in [-0.3, -0.25) is 9.69 Å². The molecule has 2 unspecified atom stereocenters. The Hall–Kier alpha value is -1.80. The van der Waals surface area contributed by atoms with E-state index in [0.717, 1.165) is 12.1 Å². The van der Waals surface area contributed by atoms with Gasteiger partial charge in [0, 0.05) is 20.1 Å². The number of likely N-dealkylation sites (tertiary alicyclic amines) is 1. The molecule has 0 aliphatic carbocycles.